The maximum Gasteiger partial charge on any atom is 0.416 e. The molecule has 0 N–H and O–H groups in total. The van der Waals surface area contributed by atoms with Gasteiger partial charge in [0.05, 0.1) is 5.56 Å². The summed E-state index contributed by atoms with van der Waals surface area (Å²) in [6.45, 7) is 2.11. The minimum Gasteiger partial charge on any atom is -0.452 e. The number of ether oxygens (including phenoxy) is 1. The average Bonchev–Trinajstić information content (AvgIpc) is 2.80. The molecule has 0 aromatic heterocycles. The summed E-state index contributed by atoms with van der Waals surface area (Å²) in [7, 11) is 3.75. The third-order valence-corrected chi connectivity index (χ3v) is 5.61. The van der Waals surface area contributed by atoms with Gasteiger partial charge in [-0.15, -0.1) is 0 Å². The molecule has 172 valence electrons. The molecule has 2 aromatic carbocycles. The molecule has 0 fully saturated rings. The van der Waals surface area contributed by atoms with Gasteiger partial charge in [0.15, 0.2) is 6.10 Å². The molecule has 0 saturated heterocycles. The highest BCUT2D eigenvalue weighted by Crippen LogP contribution is 2.38. The van der Waals surface area contributed by atoms with Crippen molar-refractivity contribution in [3.05, 3.63) is 64.2 Å². The molecule has 0 bridgehead atoms. The van der Waals surface area contributed by atoms with Crippen LogP contribution in [0.25, 0.3) is 0 Å². The van der Waals surface area contributed by atoms with Crippen LogP contribution < -0.4 is 4.90 Å². The van der Waals surface area contributed by atoms with Crippen LogP contribution in [0, 0.1) is 0 Å². The summed E-state index contributed by atoms with van der Waals surface area (Å²) >= 11 is 6.20. The number of amides is 1. The van der Waals surface area contributed by atoms with E-state index in [0.29, 0.717) is 29.4 Å². The van der Waals surface area contributed by atoms with Crippen LogP contribution in [0.5, 0.6) is 0 Å². The zero-order valence-electron chi connectivity index (χ0n) is 17.9. The number of nitrogens with zero attached hydrogens (tertiary/aromatic N) is 2. The van der Waals surface area contributed by atoms with Gasteiger partial charge in [0, 0.05) is 36.6 Å². The number of rotatable bonds is 5. The van der Waals surface area contributed by atoms with E-state index >= 15 is 0 Å². The first kappa shape index (κ1) is 24.1. The summed E-state index contributed by atoms with van der Waals surface area (Å²) < 4.78 is 44.5. The lowest BCUT2D eigenvalue weighted by Gasteiger charge is -2.29. The number of carbonyl (C=O) groups excluding carboxylic acids is 2. The van der Waals surface area contributed by atoms with Crippen molar-refractivity contribution in [3.63, 3.8) is 0 Å². The van der Waals surface area contributed by atoms with E-state index in [0.717, 1.165) is 17.7 Å². The van der Waals surface area contributed by atoms with Gasteiger partial charge >= 0.3 is 12.1 Å². The van der Waals surface area contributed by atoms with Gasteiger partial charge in [0.1, 0.15) is 0 Å². The molecular formula is C23H24ClF3N2O3. The molecule has 0 radical (unpaired) electrons. The molecule has 3 rings (SSSR count). The first-order valence-electron chi connectivity index (χ1n) is 10.1. The van der Waals surface area contributed by atoms with E-state index < -0.39 is 35.6 Å². The summed E-state index contributed by atoms with van der Waals surface area (Å²) in [4.78, 5) is 28.9. The molecule has 2 aromatic rings. The van der Waals surface area contributed by atoms with Crippen LogP contribution in [-0.2, 0) is 26.9 Å². The number of benzene rings is 2. The number of hydrogen-bond acceptors (Lipinski definition) is 4. The van der Waals surface area contributed by atoms with Crippen LogP contribution in [0.3, 0.4) is 0 Å². The highest BCUT2D eigenvalue weighted by molar-refractivity contribution is 6.30. The Bertz CT molecular complexity index is 993. The lowest BCUT2D eigenvalue weighted by molar-refractivity contribution is -0.154. The third kappa shape index (κ3) is 5.42. The van der Waals surface area contributed by atoms with Crippen LogP contribution in [0.15, 0.2) is 42.5 Å². The number of alkyl halides is 3. The van der Waals surface area contributed by atoms with E-state index in [2.05, 4.69) is 0 Å². The van der Waals surface area contributed by atoms with Crippen molar-refractivity contribution in [3.8, 4) is 0 Å². The fourth-order valence-electron chi connectivity index (χ4n) is 3.82. The van der Waals surface area contributed by atoms with E-state index in [4.69, 9.17) is 16.3 Å². The second-order valence-corrected chi connectivity index (χ2v) is 8.46. The van der Waals surface area contributed by atoms with E-state index in [1.807, 2.05) is 19.0 Å². The van der Waals surface area contributed by atoms with Crippen LogP contribution in [0.2, 0.25) is 5.02 Å². The lowest BCUT2D eigenvalue weighted by atomic mass is 9.87. The normalized spacial score (nSPS) is 19.0. The maximum absolute atomic E-state index is 13.6. The average molecular weight is 469 g/mol. The Hall–Kier alpha value is -2.58. The fraction of sp³-hybridized carbons (Fsp3) is 0.391. The van der Waals surface area contributed by atoms with Crippen molar-refractivity contribution in [2.75, 3.05) is 32.1 Å². The van der Waals surface area contributed by atoms with Crippen molar-refractivity contribution < 1.29 is 27.5 Å². The van der Waals surface area contributed by atoms with Gasteiger partial charge in [-0.1, -0.05) is 23.7 Å². The summed E-state index contributed by atoms with van der Waals surface area (Å²) in [5, 5.41) is 0.473. The van der Waals surface area contributed by atoms with Gasteiger partial charge in [-0.2, -0.15) is 13.2 Å². The van der Waals surface area contributed by atoms with Gasteiger partial charge in [-0.25, -0.2) is 0 Å². The Labute approximate surface area is 189 Å². The van der Waals surface area contributed by atoms with E-state index in [1.54, 1.807) is 23.1 Å². The monoisotopic (exact) mass is 468 g/mol. The standard InChI is InChI=1S/C23H24ClF3N2O3/c1-14(30)32-21-19(15-4-6-17(7-5-15)23(25,26)27)13-16-12-18(24)8-9-20(16)29(22(21)31)11-10-28(2)3/h4-9,12,19,21H,10-11,13H2,1-3H3/t19-,21+/m1/s1. The molecule has 1 aliphatic rings. The first-order chi connectivity index (χ1) is 15.0. The predicted octanol–water partition coefficient (Wildman–Crippen LogP) is 4.53. The molecule has 1 aliphatic heterocycles. The first-order valence-corrected chi connectivity index (χ1v) is 10.4. The van der Waals surface area contributed by atoms with Crippen molar-refractivity contribution in [1.82, 2.24) is 4.90 Å². The minimum atomic E-state index is -4.48. The molecular weight excluding hydrogens is 445 g/mol. The summed E-state index contributed by atoms with van der Waals surface area (Å²) in [5.74, 6) is -1.74. The Morgan fingerprint density at radius 3 is 2.41 bits per heavy atom. The molecule has 2 atom stereocenters. The quantitative estimate of drug-likeness (QED) is 0.605. The second-order valence-electron chi connectivity index (χ2n) is 8.03. The topological polar surface area (TPSA) is 49.9 Å². The number of esters is 1. The predicted molar refractivity (Wildman–Crippen MR) is 116 cm³/mol. The smallest absolute Gasteiger partial charge is 0.416 e. The van der Waals surface area contributed by atoms with Gasteiger partial charge in [-0.05, 0) is 62.0 Å². The van der Waals surface area contributed by atoms with Crippen LogP contribution in [0.4, 0.5) is 18.9 Å². The Balaban J connectivity index is 2.09. The highest BCUT2D eigenvalue weighted by Gasteiger charge is 2.40. The molecule has 1 heterocycles. The summed E-state index contributed by atoms with van der Waals surface area (Å²) in [5.41, 5.74) is 1.08. The van der Waals surface area contributed by atoms with Gasteiger partial charge in [0.25, 0.3) is 5.91 Å². The van der Waals surface area contributed by atoms with Gasteiger partial charge in [0.2, 0.25) is 0 Å². The zero-order chi connectivity index (χ0) is 23.6. The number of hydrogen-bond donors (Lipinski definition) is 0. The van der Waals surface area contributed by atoms with Crippen LogP contribution >= 0.6 is 11.6 Å². The zero-order valence-corrected chi connectivity index (χ0v) is 18.7. The Kier molecular flexibility index (Phi) is 7.15. The van der Waals surface area contributed by atoms with Crippen molar-refractivity contribution in [1.29, 1.82) is 0 Å². The molecule has 32 heavy (non-hydrogen) atoms. The molecule has 0 saturated carbocycles. The minimum absolute atomic E-state index is 0.267. The van der Waals surface area contributed by atoms with Crippen LogP contribution in [0.1, 0.15) is 29.5 Å². The molecule has 5 nitrogen and oxygen atoms in total. The van der Waals surface area contributed by atoms with Gasteiger partial charge < -0.3 is 14.5 Å². The largest absolute Gasteiger partial charge is 0.452 e. The van der Waals surface area contributed by atoms with Gasteiger partial charge in [-0.3, -0.25) is 9.59 Å². The molecule has 0 unspecified atom stereocenters. The number of anilines is 1. The van der Waals surface area contributed by atoms with E-state index in [-0.39, 0.29) is 6.42 Å². The molecule has 0 spiro atoms. The number of carbonyl (C=O) groups is 2. The second kappa shape index (κ2) is 9.50. The summed E-state index contributed by atoms with van der Waals surface area (Å²) in [6, 6.07) is 9.76. The highest BCUT2D eigenvalue weighted by atomic mass is 35.5. The maximum atomic E-state index is 13.6. The third-order valence-electron chi connectivity index (χ3n) is 5.38. The number of likely N-dealkylation sites (N-methyl/N-ethyl adjacent to an activating group) is 1. The Morgan fingerprint density at radius 2 is 1.84 bits per heavy atom. The van der Waals surface area contributed by atoms with E-state index in [9.17, 15) is 22.8 Å². The van der Waals surface area contributed by atoms with Crippen molar-refractivity contribution in [2.45, 2.75) is 31.5 Å². The molecule has 0 aliphatic carbocycles. The lowest BCUT2D eigenvalue weighted by Crippen LogP contribution is -2.45. The fourth-order valence-corrected chi connectivity index (χ4v) is 4.02. The van der Waals surface area contributed by atoms with E-state index in [1.165, 1.54) is 19.1 Å². The van der Waals surface area contributed by atoms with Crippen LogP contribution in [-0.4, -0.2) is 50.1 Å². The number of halogens is 4. The van der Waals surface area contributed by atoms with Crippen molar-refractivity contribution in [2.24, 2.45) is 0 Å². The SMILES string of the molecule is CC(=O)O[C@@H]1C(=O)N(CCN(C)C)c2ccc(Cl)cc2C[C@@H]1c1ccc(C(F)(F)F)cc1. The number of fused-ring (bicyclic) bond motifs is 1. The Morgan fingerprint density at radius 1 is 1.19 bits per heavy atom. The molecule has 9 heteroatoms. The van der Waals surface area contributed by atoms with Crippen molar-refractivity contribution >= 4 is 29.2 Å². The molecule has 1 amide bonds. The summed E-state index contributed by atoms with van der Waals surface area (Å²) in [6.07, 6.45) is -5.39.